The summed E-state index contributed by atoms with van der Waals surface area (Å²) in [5.74, 6) is 0.376. The van der Waals surface area contributed by atoms with Crippen molar-refractivity contribution in [3.05, 3.63) is 87.0 Å². The van der Waals surface area contributed by atoms with E-state index >= 15 is 0 Å². The van der Waals surface area contributed by atoms with E-state index in [1.807, 2.05) is 24.3 Å². The SMILES string of the molecule is COc1ccccc1/C=C/C=C/C(=O)c1ccc(Cl)c([N+](=O)[O-])c1. The Morgan fingerprint density at radius 2 is 1.96 bits per heavy atom. The Bertz CT molecular complexity index is 828. The molecule has 0 aliphatic carbocycles. The lowest BCUT2D eigenvalue weighted by molar-refractivity contribution is -0.384. The van der Waals surface area contributed by atoms with Gasteiger partial charge in [0, 0.05) is 17.2 Å². The molecule has 0 aliphatic heterocycles. The first-order valence-electron chi connectivity index (χ1n) is 6.99. The van der Waals surface area contributed by atoms with E-state index in [4.69, 9.17) is 16.3 Å². The molecule has 0 unspecified atom stereocenters. The topological polar surface area (TPSA) is 69.4 Å². The maximum atomic E-state index is 12.1. The quantitative estimate of drug-likeness (QED) is 0.250. The third-order valence-electron chi connectivity index (χ3n) is 3.20. The number of methoxy groups -OCH3 is 1. The zero-order chi connectivity index (χ0) is 17.5. The zero-order valence-electron chi connectivity index (χ0n) is 12.8. The first-order chi connectivity index (χ1) is 11.5. The summed E-state index contributed by atoms with van der Waals surface area (Å²) >= 11 is 5.73. The van der Waals surface area contributed by atoms with Gasteiger partial charge < -0.3 is 4.74 Å². The van der Waals surface area contributed by atoms with Crippen molar-refractivity contribution in [2.75, 3.05) is 7.11 Å². The molecular formula is C18H14ClNO4. The number of ether oxygens (including phenoxy) is 1. The van der Waals surface area contributed by atoms with E-state index in [1.165, 1.54) is 24.3 Å². The van der Waals surface area contributed by atoms with Gasteiger partial charge in [0.1, 0.15) is 10.8 Å². The number of halogens is 1. The van der Waals surface area contributed by atoms with Crippen LogP contribution >= 0.6 is 11.6 Å². The number of nitro benzene ring substituents is 1. The van der Waals surface area contributed by atoms with Gasteiger partial charge in [-0.3, -0.25) is 14.9 Å². The fraction of sp³-hybridized carbons (Fsp3) is 0.0556. The summed E-state index contributed by atoms with van der Waals surface area (Å²) in [6.45, 7) is 0. The molecule has 24 heavy (non-hydrogen) atoms. The Hall–Kier alpha value is -2.92. The van der Waals surface area contributed by atoms with E-state index in [1.54, 1.807) is 25.3 Å². The molecule has 0 amide bonds. The molecule has 0 N–H and O–H groups in total. The predicted molar refractivity (Wildman–Crippen MR) is 93.6 cm³/mol. The van der Waals surface area contributed by atoms with Gasteiger partial charge >= 0.3 is 0 Å². The Labute approximate surface area is 144 Å². The molecule has 0 atom stereocenters. The Morgan fingerprint density at radius 1 is 1.21 bits per heavy atom. The highest BCUT2D eigenvalue weighted by atomic mass is 35.5. The molecule has 122 valence electrons. The maximum Gasteiger partial charge on any atom is 0.288 e. The summed E-state index contributed by atoms with van der Waals surface area (Å²) in [6.07, 6.45) is 6.39. The number of carbonyl (C=O) groups is 1. The molecule has 0 radical (unpaired) electrons. The van der Waals surface area contributed by atoms with E-state index in [0.717, 1.165) is 11.3 Å². The fourth-order valence-electron chi connectivity index (χ4n) is 2.01. The first kappa shape index (κ1) is 17.4. The molecule has 5 nitrogen and oxygen atoms in total. The Kier molecular flexibility index (Phi) is 5.87. The zero-order valence-corrected chi connectivity index (χ0v) is 13.6. The minimum Gasteiger partial charge on any atom is -0.496 e. The third-order valence-corrected chi connectivity index (χ3v) is 3.52. The smallest absolute Gasteiger partial charge is 0.288 e. The number of para-hydroxylation sites is 1. The molecule has 0 bridgehead atoms. The van der Waals surface area contributed by atoms with Gasteiger partial charge in [-0.25, -0.2) is 0 Å². The highest BCUT2D eigenvalue weighted by Crippen LogP contribution is 2.25. The second kappa shape index (κ2) is 8.08. The van der Waals surface area contributed by atoms with Gasteiger partial charge in [-0.05, 0) is 24.3 Å². The molecule has 0 aromatic heterocycles. The van der Waals surface area contributed by atoms with Crippen LogP contribution in [-0.4, -0.2) is 17.8 Å². The van der Waals surface area contributed by atoms with Gasteiger partial charge in [0.2, 0.25) is 0 Å². The molecule has 6 heteroatoms. The minimum atomic E-state index is -0.621. The van der Waals surface area contributed by atoms with Crippen LogP contribution in [0.4, 0.5) is 5.69 Å². The summed E-state index contributed by atoms with van der Waals surface area (Å²) in [4.78, 5) is 22.3. The highest BCUT2D eigenvalue weighted by molar-refractivity contribution is 6.32. The number of hydrogen-bond acceptors (Lipinski definition) is 4. The van der Waals surface area contributed by atoms with Gasteiger partial charge in [-0.2, -0.15) is 0 Å². The monoisotopic (exact) mass is 343 g/mol. The summed E-state index contributed by atoms with van der Waals surface area (Å²) < 4.78 is 5.22. The van der Waals surface area contributed by atoms with Gasteiger partial charge in [0.05, 0.1) is 12.0 Å². The van der Waals surface area contributed by atoms with Crippen molar-refractivity contribution in [1.29, 1.82) is 0 Å². The van der Waals surface area contributed by atoms with Gasteiger partial charge in [0.25, 0.3) is 5.69 Å². The van der Waals surface area contributed by atoms with Crippen LogP contribution in [0.1, 0.15) is 15.9 Å². The standard InChI is InChI=1S/C18H14ClNO4/c1-24-18-9-5-3-7-13(18)6-2-4-8-17(21)14-10-11-15(19)16(12-14)20(22)23/h2-12H,1H3/b6-2+,8-4+. The molecule has 2 aromatic rings. The van der Waals surface area contributed by atoms with Gasteiger partial charge in [0.15, 0.2) is 5.78 Å². The number of ketones is 1. The average Bonchev–Trinajstić information content (AvgIpc) is 2.59. The van der Waals surface area contributed by atoms with E-state index < -0.39 is 4.92 Å². The second-order valence-corrected chi connectivity index (χ2v) is 5.15. The molecule has 0 aliphatic rings. The van der Waals surface area contributed by atoms with E-state index in [9.17, 15) is 14.9 Å². The second-order valence-electron chi connectivity index (χ2n) is 4.75. The molecule has 2 rings (SSSR count). The highest BCUT2D eigenvalue weighted by Gasteiger charge is 2.14. The van der Waals surface area contributed by atoms with E-state index in [-0.39, 0.29) is 22.1 Å². The number of carbonyl (C=O) groups excluding carboxylic acids is 1. The number of rotatable bonds is 6. The molecule has 0 saturated carbocycles. The van der Waals surface area contributed by atoms with Crippen LogP contribution in [-0.2, 0) is 0 Å². The van der Waals surface area contributed by atoms with Crippen molar-refractivity contribution in [2.24, 2.45) is 0 Å². The van der Waals surface area contributed by atoms with Crippen molar-refractivity contribution < 1.29 is 14.5 Å². The van der Waals surface area contributed by atoms with Crippen LogP contribution < -0.4 is 4.74 Å². The van der Waals surface area contributed by atoms with Gasteiger partial charge in [-0.15, -0.1) is 0 Å². The number of benzene rings is 2. The third kappa shape index (κ3) is 4.30. The van der Waals surface area contributed by atoms with E-state index in [0.29, 0.717) is 0 Å². The number of hydrogen-bond donors (Lipinski definition) is 0. The minimum absolute atomic E-state index is 0.00315. The Morgan fingerprint density at radius 3 is 2.67 bits per heavy atom. The Balaban J connectivity index is 2.12. The molecular weight excluding hydrogens is 330 g/mol. The molecule has 2 aromatic carbocycles. The van der Waals surface area contributed by atoms with Crippen LogP contribution in [0.3, 0.4) is 0 Å². The predicted octanol–water partition coefficient (Wildman–Crippen LogP) is 4.71. The summed E-state index contributed by atoms with van der Waals surface area (Å²) in [5, 5.41) is 10.8. The first-order valence-corrected chi connectivity index (χ1v) is 7.36. The number of allylic oxidation sites excluding steroid dienone is 3. The summed E-state index contributed by atoms with van der Waals surface area (Å²) in [6, 6.07) is 11.4. The van der Waals surface area contributed by atoms with Crippen molar-refractivity contribution in [3.8, 4) is 5.75 Å². The molecule has 0 heterocycles. The molecule has 0 fully saturated rings. The van der Waals surface area contributed by atoms with Gasteiger partial charge in [-0.1, -0.05) is 48.0 Å². The van der Waals surface area contributed by atoms with Crippen molar-refractivity contribution >= 4 is 29.1 Å². The lowest BCUT2D eigenvalue weighted by atomic mass is 10.1. The fourth-order valence-corrected chi connectivity index (χ4v) is 2.19. The summed E-state index contributed by atoms with van der Waals surface area (Å²) in [5.41, 5.74) is 0.785. The van der Waals surface area contributed by atoms with Crippen LogP contribution in [0.25, 0.3) is 6.08 Å². The molecule has 0 spiro atoms. The lowest BCUT2D eigenvalue weighted by Crippen LogP contribution is -1.97. The normalized spacial score (nSPS) is 11.1. The maximum absolute atomic E-state index is 12.1. The van der Waals surface area contributed by atoms with Crippen molar-refractivity contribution in [2.45, 2.75) is 0 Å². The summed E-state index contributed by atoms with van der Waals surface area (Å²) in [7, 11) is 1.58. The van der Waals surface area contributed by atoms with Crippen molar-refractivity contribution in [1.82, 2.24) is 0 Å². The van der Waals surface area contributed by atoms with Crippen molar-refractivity contribution in [3.63, 3.8) is 0 Å². The van der Waals surface area contributed by atoms with Crippen LogP contribution in [0.5, 0.6) is 5.75 Å². The molecule has 0 saturated heterocycles. The largest absolute Gasteiger partial charge is 0.496 e. The van der Waals surface area contributed by atoms with Crippen LogP contribution in [0, 0.1) is 10.1 Å². The van der Waals surface area contributed by atoms with Crippen LogP contribution in [0.15, 0.2) is 60.7 Å². The number of nitrogens with zero attached hydrogens (tertiary/aromatic N) is 1. The van der Waals surface area contributed by atoms with Crippen LogP contribution in [0.2, 0.25) is 5.02 Å². The average molecular weight is 344 g/mol. The lowest BCUT2D eigenvalue weighted by Gasteiger charge is -2.02. The van der Waals surface area contributed by atoms with E-state index in [2.05, 4.69) is 0 Å². The number of nitro groups is 1.